The smallest absolute Gasteiger partial charge is 0.0884 e. The molecule has 2 nitrogen and oxygen atoms in total. The van der Waals surface area contributed by atoms with Gasteiger partial charge < -0.3 is 0 Å². The predicted octanol–water partition coefficient (Wildman–Crippen LogP) is 2.68. The standard InChI is InChI=1S/C11H12N2/c1-4-10-6-5-7-12-11(10)8-13-9(2)3/h4-8H,1-2H2,3H3/b13-8-. The van der Waals surface area contributed by atoms with Crippen molar-refractivity contribution in [2.24, 2.45) is 4.99 Å². The number of aromatic nitrogens is 1. The lowest BCUT2D eigenvalue weighted by molar-refractivity contribution is 1.27. The Hall–Kier alpha value is -1.70. The molecule has 0 fully saturated rings. The van der Waals surface area contributed by atoms with Crippen molar-refractivity contribution >= 4 is 12.3 Å². The number of nitrogens with zero attached hydrogens (tertiary/aromatic N) is 2. The van der Waals surface area contributed by atoms with Gasteiger partial charge in [0.2, 0.25) is 0 Å². The molecule has 0 atom stereocenters. The number of hydrogen-bond acceptors (Lipinski definition) is 2. The fourth-order valence-corrected chi connectivity index (χ4v) is 0.882. The van der Waals surface area contributed by atoms with Crippen LogP contribution in [-0.2, 0) is 0 Å². The van der Waals surface area contributed by atoms with E-state index in [9.17, 15) is 0 Å². The Labute approximate surface area is 78.4 Å². The first-order valence-electron chi connectivity index (χ1n) is 4.01. The van der Waals surface area contributed by atoms with Crippen molar-refractivity contribution < 1.29 is 0 Å². The van der Waals surface area contributed by atoms with E-state index in [0.29, 0.717) is 0 Å². The molecule has 0 N–H and O–H groups in total. The quantitative estimate of drug-likeness (QED) is 0.643. The molecule has 1 rings (SSSR count). The summed E-state index contributed by atoms with van der Waals surface area (Å²) in [5, 5.41) is 0. The highest BCUT2D eigenvalue weighted by molar-refractivity contribution is 5.83. The van der Waals surface area contributed by atoms with Crippen LogP contribution in [0.1, 0.15) is 18.2 Å². The third-order valence-electron chi connectivity index (χ3n) is 1.50. The zero-order chi connectivity index (χ0) is 9.68. The molecule has 0 aliphatic heterocycles. The van der Waals surface area contributed by atoms with Crippen LogP contribution >= 0.6 is 0 Å². The van der Waals surface area contributed by atoms with Gasteiger partial charge in [0.1, 0.15) is 0 Å². The van der Waals surface area contributed by atoms with Gasteiger partial charge in [-0.1, -0.05) is 25.3 Å². The van der Waals surface area contributed by atoms with Crippen LogP contribution in [0.4, 0.5) is 0 Å². The number of pyridine rings is 1. The van der Waals surface area contributed by atoms with Gasteiger partial charge in [0, 0.05) is 17.5 Å². The van der Waals surface area contributed by atoms with Crippen LogP contribution in [0.5, 0.6) is 0 Å². The molecule has 0 aromatic carbocycles. The second kappa shape index (κ2) is 4.36. The van der Waals surface area contributed by atoms with Gasteiger partial charge in [-0.15, -0.1) is 0 Å². The Morgan fingerprint density at radius 1 is 1.62 bits per heavy atom. The van der Waals surface area contributed by atoms with Gasteiger partial charge in [-0.3, -0.25) is 9.98 Å². The highest BCUT2D eigenvalue weighted by Crippen LogP contribution is 2.04. The summed E-state index contributed by atoms with van der Waals surface area (Å²) in [5.74, 6) is 0. The largest absolute Gasteiger partial charge is 0.260 e. The van der Waals surface area contributed by atoms with Gasteiger partial charge in [0.25, 0.3) is 0 Å². The highest BCUT2D eigenvalue weighted by Gasteiger charge is 1.94. The Kier molecular flexibility index (Phi) is 3.15. The summed E-state index contributed by atoms with van der Waals surface area (Å²) >= 11 is 0. The minimum Gasteiger partial charge on any atom is -0.260 e. The number of rotatable bonds is 3. The van der Waals surface area contributed by atoms with Crippen molar-refractivity contribution in [2.45, 2.75) is 6.92 Å². The topological polar surface area (TPSA) is 25.2 Å². The van der Waals surface area contributed by atoms with Gasteiger partial charge in [-0.25, -0.2) is 0 Å². The highest BCUT2D eigenvalue weighted by atomic mass is 14.8. The van der Waals surface area contributed by atoms with E-state index in [2.05, 4.69) is 23.1 Å². The second-order valence-electron chi connectivity index (χ2n) is 2.68. The molecule has 1 aromatic rings. The lowest BCUT2D eigenvalue weighted by atomic mass is 10.2. The summed E-state index contributed by atoms with van der Waals surface area (Å²) in [6.45, 7) is 9.21. The first-order valence-corrected chi connectivity index (χ1v) is 4.01. The molecule has 1 aromatic heterocycles. The Morgan fingerprint density at radius 2 is 2.38 bits per heavy atom. The van der Waals surface area contributed by atoms with E-state index in [4.69, 9.17) is 0 Å². The van der Waals surface area contributed by atoms with Gasteiger partial charge >= 0.3 is 0 Å². The van der Waals surface area contributed by atoms with Gasteiger partial charge in [0.15, 0.2) is 0 Å². The van der Waals surface area contributed by atoms with Crippen LogP contribution < -0.4 is 0 Å². The minimum atomic E-state index is 0.765. The monoisotopic (exact) mass is 172 g/mol. The SMILES string of the molecule is C=Cc1cccnc1/C=N\C(=C)C. The molecule has 0 bridgehead atoms. The predicted molar refractivity (Wildman–Crippen MR) is 56.7 cm³/mol. The molecular formula is C11H12N2. The molecule has 0 aliphatic carbocycles. The van der Waals surface area contributed by atoms with E-state index in [1.807, 2.05) is 19.1 Å². The van der Waals surface area contributed by atoms with E-state index in [-0.39, 0.29) is 0 Å². The van der Waals surface area contributed by atoms with Crippen LogP contribution in [0.2, 0.25) is 0 Å². The van der Waals surface area contributed by atoms with Crippen molar-refractivity contribution in [2.75, 3.05) is 0 Å². The molecule has 2 heteroatoms. The maximum Gasteiger partial charge on any atom is 0.0884 e. The molecule has 0 aliphatic rings. The maximum atomic E-state index is 4.16. The van der Waals surface area contributed by atoms with Gasteiger partial charge in [0.05, 0.1) is 11.9 Å². The number of aliphatic imine (C=N–C) groups is 1. The molecule has 1 heterocycles. The molecule has 0 spiro atoms. The Bertz CT molecular complexity index is 351. The average molecular weight is 172 g/mol. The normalized spacial score (nSPS) is 10.2. The minimum absolute atomic E-state index is 0.765. The van der Waals surface area contributed by atoms with Crippen LogP contribution in [0.25, 0.3) is 6.08 Å². The van der Waals surface area contributed by atoms with Crippen LogP contribution in [-0.4, -0.2) is 11.2 Å². The van der Waals surface area contributed by atoms with Gasteiger partial charge in [-0.2, -0.15) is 0 Å². The zero-order valence-corrected chi connectivity index (χ0v) is 7.70. The van der Waals surface area contributed by atoms with E-state index >= 15 is 0 Å². The Morgan fingerprint density at radius 3 is 3.00 bits per heavy atom. The summed E-state index contributed by atoms with van der Waals surface area (Å²) in [6.07, 6.45) is 5.18. The average Bonchev–Trinajstić information content (AvgIpc) is 2.15. The van der Waals surface area contributed by atoms with Gasteiger partial charge in [-0.05, 0) is 13.0 Å². The fourth-order valence-electron chi connectivity index (χ4n) is 0.882. The second-order valence-corrected chi connectivity index (χ2v) is 2.68. The summed E-state index contributed by atoms with van der Waals surface area (Å²) in [5.41, 5.74) is 2.56. The molecular weight excluding hydrogens is 160 g/mol. The number of hydrogen-bond donors (Lipinski definition) is 0. The lowest BCUT2D eigenvalue weighted by Crippen LogP contribution is -1.90. The zero-order valence-electron chi connectivity index (χ0n) is 7.70. The molecule has 13 heavy (non-hydrogen) atoms. The molecule has 0 amide bonds. The van der Waals surface area contributed by atoms with Crippen molar-refractivity contribution in [1.82, 2.24) is 4.98 Å². The number of allylic oxidation sites excluding steroid dienone is 1. The molecule has 0 unspecified atom stereocenters. The third-order valence-corrected chi connectivity index (χ3v) is 1.50. The molecule has 0 radical (unpaired) electrons. The van der Waals surface area contributed by atoms with Crippen LogP contribution in [0, 0.1) is 0 Å². The van der Waals surface area contributed by atoms with Crippen molar-refractivity contribution in [3.05, 3.63) is 48.4 Å². The molecule has 0 saturated heterocycles. The first-order chi connectivity index (χ1) is 6.24. The van der Waals surface area contributed by atoms with E-state index in [1.165, 1.54) is 0 Å². The summed E-state index contributed by atoms with van der Waals surface area (Å²) in [6, 6.07) is 3.81. The van der Waals surface area contributed by atoms with Crippen LogP contribution in [0.3, 0.4) is 0 Å². The summed E-state index contributed by atoms with van der Waals surface area (Å²) in [4.78, 5) is 8.23. The lowest BCUT2D eigenvalue weighted by Gasteiger charge is -1.96. The summed E-state index contributed by atoms with van der Waals surface area (Å²) in [7, 11) is 0. The molecule has 0 saturated carbocycles. The van der Waals surface area contributed by atoms with E-state index in [1.54, 1.807) is 18.5 Å². The first kappa shape index (κ1) is 9.39. The van der Waals surface area contributed by atoms with Crippen molar-refractivity contribution in [3.8, 4) is 0 Å². The summed E-state index contributed by atoms with van der Waals surface area (Å²) < 4.78 is 0. The van der Waals surface area contributed by atoms with Crippen molar-refractivity contribution in [3.63, 3.8) is 0 Å². The maximum absolute atomic E-state index is 4.16. The van der Waals surface area contributed by atoms with Crippen molar-refractivity contribution in [1.29, 1.82) is 0 Å². The third kappa shape index (κ3) is 2.67. The molecule has 66 valence electrons. The fraction of sp³-hybridized carbons (Fsp3) is 0.0909. The van der Waals surface area contributed by atoms with E-state index < -0.39 is 0 Å². The Balaban J connectivity index is 3.00. The van der Waals surface area contributed by atoms with E-state index in [0.717, 1.165) is 17.0 Å². The van der Waals surface area contributed by atoms with Crippen LogP contribution in [0.15, 0.2) is 42.2 Å².